The van der Waals surface area contributed by atoms with Crippen molar-refractivity contribution in [2.75, 3.05) is 19.6 Å². The van der Waals surface area contributed by atoms with Crippen LogP contribution >= 0.6 is 0 Å². The topological polar surface area (TPSA) is 20.3 Å². The first-order valence-corrected chi connectivity index (χ1v) is 4.63. The van der Waals surface area contributed by atoms with Gasteiger partial charge in [-0.05, 0) is 26.4 Å². The van der Waals surface area contributed by atoms with E-state index in [1.54, 1.807) is 6.92 Å². The Balaban J connectivity index is 3.74. The highest BCUT2D eigenvalue weighted by atomic mass is 19.4. The maximum atomic E-state index is 12.0. The van der Waals surface area contributed by atoms with E-state index in [1.807, 2.05) is 0 Å². The SMILES string of the molecule is CCN(CCCC(C)=O)CC(F)(F)F. The Kier molecular flexibility index (Phi) is 5.76. The summed E-state index contributed by atoms with van der Waals surface area (Å²) in [6.45, 7) is 2.92. The molecule has 84 valence electrons. The zero-order valence-corrected chi connectivity index (χ0v) is 8.52. The largest absolute Gasteiger partial charge is 0.401 e. The van der Waals surface area contributed by atoms with Gasteiger partial charge < -0.3 is 4.79 Å². The molecule has 0 aromatic heterocycles. The molecule has 0 aromatic carbocycles. The minimum atomic E-state index is -4.15. The molecule has 0 aliphatic rings. The molecule has 0 N–H and O–H groups in total. The zero-order valence-electron chi connectivity index (χ0n) is 8.52. The zero-order chi connectivity index (χ0) is 11.2. The summed E-state index contributed by atoms with van der Waals surface area (Å²) in [4.78, 5) is 11.9. The summed E-state index contributed by atoms with van der Waals surface area (Å²) in [5, 5.41) is 0. The van der Waals surface area contributed by atoms with E-state index in [1.165, 1.54) is 11.8 Å². The molecule has 0 amide bonds. The number of rotatable bonds is 6. The Bertz CT molecular complexity index is 179. The molecule has 0 aromatic rings. The van der Waals surface area contributed by atoms with Gasteiger partial charge in [-0.25, -0.2) is 0 Å². The summed E-state index contributed by atoms with van der Waals surface area (Å²) >= 11 is 0. The van der Waals surface area contributed by atoms with E-state index in [9.17, 15) is 18.0 Å². The third-order valence-corrected chi connectivity index (χ3v) is 1.85. The van der Waals surface area contributed by atoms with Crippen molar-refractivity contribution in [2.45, 2.75) is 32.9 Å². The molecule has 0 aliphatic carbocycles. The van der Waals surface area contributed by atoms with Gasteiger partial charge in [-0.3, -0.25) is 4.90 Å². The van der Waals surface area contributed by atoms with Gasteiger partial charge in [-0.15, -0.1) is 0 Å². The van der Waals surface area contributed by atoms with Crippen LogP contribution in [0.15, 0.2) is 0 Å². The molecule has 0 radical (unpaired) electrons. The first-order valence-electron chi connectivity index (χ1n) is 4.63. The van der Waals surface area contributed by atoms with Crippen molar-refractivity contribution < 1.29 is 18.0 Å². The van der Waals surface area contributed by atoms with Crippen LogP contribution in [-0.2, 0) is 4.79 Å². The van der Waals surface area contributed by atoms with E-state index in [0.29, 0.717) is 25.9 Å². The van der Waals surface area contributed by atoms with Gasteiger partial charge in [0.15, 0.2) is 0 Å². The summed E-state index contributed by atoms with van der Waals surface area (Å²) in [6, 6.07) is 0. The van der Waals surface area contributed by atoms with E-state index in [4.69, 9.17) is 0 Å². The number of hydrogen-bond acceptors (Lipinski definition) is 2. The number of halogens is 3. The van der Waals surface area contributed by atoms with Crippen LogP contribution in [0.4, 0.5) is 13.2 Å². The molecule has 0 atom stereocenters. The smallest absolute Gasteiger partial charge is 0.300 e. The van der Waals surface area contributed by atoms with Crippen LogP contribution in [0, 0.1) is 0 Å². The normalized spacial score (nSPS) is 12.1. The molecule has 0 unspecified atom stereocenters. The van der Waals surface area contributed by atoms with Crippen molar-refractivity contribution >= 4 is 5.78 Å². The molecule has 0 saturated carbocycles. The third-order valence-electron chi connectivity index (χ3n) is 1.85. The monoisotopic (exact) mass is 211 g/mol. The van der Waals surface area contributed by atoms with Gasteiger partial charge in [-0.1, -0.05) is 6.92 Å². The standard InChI is InChI=1S/C9H16F3NO/c1-3-13(7-9(10,11)12)6-4-5-8(2)14/h3-7H2,1-2H3. The molecular weight excluding hydrogens is 195 g/mol. The number of alkyl halides is 3. The molecule has 0 fully saturated rings. The summed E-state index contributed by atoms with van der Waals surface area (Å²) in [7, 11) is 0. The van der Waals surface area contributed by atoms with E-state index < -0.39 is 12.7 Å². The van der Waals surface area contributed by atoms with Gasteiger partial charge in [0.2, 0.25) is 0 Å². The van der Waals surface area contributed by atoms with Crippen molar-refractivity contribution in [1.82, 2.24) is 4.90 Å². The first kappa shape index (κ1) is 13.4. The Morgan fingerprint density at radius 3 is 2.29 bits per heavy atom. The fraction of sp³-hybridized carbons (Fsp3) is 0.889. The predicted octanol–water partition coefficient (Wildman–Crippen LogP) is 2.24. The second-order valence-electron chi connectivity index (χ2n) is 3.29. The van der Waals surface area contributed by atoms with Gasteiger partial charge in [0, 0.05) is 6.42 Å². The van der Waals surface area contributed by atoms with Crippen LogP contribution in [0.2, 0.25) is 0 Å². The third kappa shape index (κ3) is 8.04. The summed E-state index contributed by atoms with van der Waals surface area (Å²) in [6.07, 6.45) is -3.29. The Hall–Kier alpha value is -0.580. The van der Waals surface area contributed by atoms with Crippen LogP contribution < -0.4 is 0 Å². The summed E-state index contributed by atoms with van der Waals surface area (Å²) in [5.74, 6) is 0.0214. The Morgan fingerprint density at radius 1 is 1.36 bits per heavy atom. The Labute approximate surface area is 82.1 Å². The molecule has 14 heavy (non-hydrogen) atoms. The second-order valence-corrected chi connectivity index (χ2v) is 3.29. The molecular formula is C9H16F3NO. The van der Waals surface area contributed by atoms with Crippen molar-refractivity contribution in [3.05, 3.63) is 0 Å². The number of carbonyl (C=O) groups is 1. The highest BCUT2D eigenvalue weighted by molar-refractivity contribution is 5.75. The molecule has 0 aliphatic heterocycles. The second kappa shape index (κ2) is 6.01. The minimum absolute atomic E-state index is 0.0214. The van der Waals surface area contributed by atoms with E-state index in [0.717, 1.165) is 0 Å². The van der Waals surface area contributed by atoms with Crippen LogP contribution in [-0.4, -0.2) is 36.5 Å². The van der Waals surface area contributed by atoms with Crippen molar-refractivity contribution in [1.29, 1.82) is 0 Å². The maximum absolute atomic E-state index is 12.0. The lowest BCUT2D eigenvalue weighted by Crippen LogP contribution is -2.34. The van der Waals surface area contributed by atoms with Crippen LogP contribution in [0.25, 0.3) is 0 Å². The van der Waals surface area contributed by atoms with Crippen LogP contribution in [0.1, 0.15) is 26.7 Å². The van der Waals surface area contributed by atoms with Gasteiger partial charge in [0.25, 0.3) is 0 Å². The molecule has 5 heteroatoms. The molecule has 0 spiro atoms. The highest BCUT2D eigenvalue weighted by Gasteiger charge is 2.29. The number of Topliss-reactive ketones (excluding diaryl/α,β-unsaturated/α-hetero) is 1. The molecule has 0 saturated heterocycles. The number of nitrogens with zero attached hydrogens (tertiary/aromatic N) is 1. The van der Waals surface area contributed by atoms with Crippen LogP contribution in [0.3, 0.4) is 0 Å². The van der Waals surface area contributed by atoms with Crippen LogP contribution in [0.5, 0.6) is 0 Å². The fourth-order valence-corrected chi connectivity index (χ4v) is 1.15. The number of hydrogen-bond donors (Lipinski definition) is 0. The lowest BCUT2D eigenvalue weighted by Gasteiger charge is -2.21. The average Bonchev–Trinajstić information content (AvgIpc) is 1.99. The van der Waals surface area contributed by atoms with Crippen molar-refractivity contribution in [2.24, 2.45) is 0 Å². The minimum Gasteiger partial charge on any atom is -0.300 e. The van der Waals surface area contributed by atoms with E-state index in [-0.39, 0.29) is 5.78 Å². The lowest BCUT2D eigenvalue weighted by molar-refractivity contribution is -0.145. The molecule has 0 bridgehead atoms. The quantitative estimate of drug-likeness (QED) is 0.671. The molecule has 2 nitrogen and oxygen atoms in total. The lowest BCUT2D eigenvalue weighted by atomic mass is 10.2. The number of carbonyl (C=O) groups excluding carboxylic acids is 1. The fourth-order valence-electron chi connectivity index (χ4n) is 1.15. The van der Waals surface area contributed by atoms with Crippen molar-refractivity contribution in [3.8, 4) is 0 Å². The first-order chi connectivity index (χ1) is 6.35. The average molecular weight is 211 g/mol. The van der Waals surface area contributed by atoms with Gasteiger partial charge >= 0.3 is 6.18 Å². The molecule has 0 rings (SSSR count). The summed E-state index contributed by atoms with van der Waals surface area (Å²) in [5.41, 5.74) is 0. The summed E-state index contributed by atoms with van der Waals surface area (Å²) < 4.78 is 35.9. The molecule has 0 heterocycles. The predicted molar refractivity (Wildman–Crippen MR) is 48.1 cm³/mol. The van der Waals surface area contributed by atoms with Crippen molar-refractivity contribution in [3.63, 3.8) is 0 Å². The number of ketones is 1. The van der Waals surface area contributed by atoms with E-state index >= 15 is 0 Å². The van der Waals surface area contributed by atoms with Gasteiger partial charge in [0.05, 0.1) is 6.54 Å². The Morgan fingerprint density at radius 2 is 1.93 bits per heavy atom. The van der Waals surface area contributed by atoms with E-state index in [2.05, 4.69) is 0 Å². The van der Waals surface area contributed by atoms with Gasteiger partial charge in [-0.2, -0.15) is 13.2 Å². The highest BCUT2D eigenvalue weighted by Crippen LogP contribution is 2.16. The maximum Gasteiger partial charge on any atom is 0.401 e. The van der Waals surface area contributed by atoms with Gasteiger partial charge in [0.1, 0.15) is 5.78 Å².